The van der Waals surface area contributed by atoms with Crippen LogP contribution >= 0.6 is 0 Å². The van der Waals surface area contributed by atoms with Gasteiger partial charge in [0.15, 0.2) is 0 Å². The van der Waals surface area contributed by atoms with Crippen LogP contribution in [-0.2, 0) is 0 Å². The van der Waals surface area contributed by atoms with Gasteiger partial charge in [0.2, 0.25) is 0 Å². The molecular weight excluding hydrogens is 210 g/mol. The Bertz CT molecular complexity index is 526. The molecule has 0 heterocycles. The molecule has 2 heteroatoms. The van der Waals surface area contributed by atoms with Crippen LogP contribution in [-0.4, -0.2) is 0 Å². The van der Waals surface area contributed by atoms with Gasteiger partial charge in [-0.25, -0.2) is 0 Å². The molecule has 88 valence electrons. The van der Waals surface area contributed by atoms with Crippen molar-refractivity contribution >= 4 is 5.69 Å². The van der Waals surface area contributed by atoms with E-state index in [-0.39, 0.29) is 0 Å². The van der Waals surface area contributed by atoms with Crippen LogP contribution in [0.4, 0.5) is 5.69 Å². The SMILES string of the molecule is Cc1cc(C)cc(Oc2ccc(C)cc2N)c1. The lowest BCUT2D eigenvalue weighted by molar-refractivity contribution is 0.484. The van der Waals surface area contributed by atoms with Gasteiger partial charge in [-0.05, 0) is 61.7 Å². The zero-order chi connectivity index (χ0) is 12.4. The predicted octanol–water partition coefficient (Wildman–Crippen LogP) is 3.99. The average molecular weight is 227 g/mol. The molecule has 2 N–H and O–H groups in total. The van der Waals surface area contributed by atoms with E-state index in [1.807, 2.05) is 37.3 Å². The number of ether oxygens (including phenoxy) is 1. The molecule has 0 aliphatic carbocycles. The third kappa shape index (κ3) is 2.78. The molecule has 0 radical (unpaired) electrons. The minimum absolute atomic E-state index is 0.671. The zero-order valence-electron chi connectivity index (χ0n) is 10.4. The van der Waals surface area contributed by atoms with Crippen LogP contribution in [0, 0.1) is 20.8 Å². The Labute approximate surface area is 102 Å². The van der Waals surface area contributed by atoms with E-state index in [4.69, 9.17) is 10.5 Å². The van der Waals surface area contributed by atoms with Crippen LogP contribution in [0.1, 0.15) is 16.7 Å². The smallest absolute Gasteiger partial charge is 0.150 e. The first kappa shape index (κ1) is 11.5. The number of hydrogen-bond donors (Lipinski definition) is 1. The summed E-state index contributed by atoms with van der Waals surface area (Å²) in [4.78, 5) is 0. The molecule has 0 aliphatic heterocycles. The second-order valence-corrected chi connectivity index (χ2v) is 4.47. The first-order valence-electron chi connectivity index (χ1n) is 5.67. The first-order valence-corrected chi connectivity index (χ1v) is 5.67. The summed E-state index contributed by atoms with van der Waals surface area (Å²) in [5.41, 5.74) is 10.1. The largest absolute Gasteiger partial charge is 0.455 e. The van der Waals surface area contributed by atoms with Crippen molar-refractivity contribution in [2.45, 2.75) is 20.8 Å². The Morgan fingerprint density at radius 2 is 1.47 bits per heavy atom. The van der Waals surface area contributed by atoms with Crippen molar-refractivity contribution in [3.05, 3.63) is 53.1 Å². The van der Waals surface area contributed by atoms with Gasteiger partial charge in [0, 0.05) is 0 Å². The number of rotatable bonds is 2. The van der Waals surface area contributed by atoms with Crippen molar-refractivity contribution < 1.29 is 4.74 Å². The highest BCUT2D eigenvalue weighted by Gasteiger charge is 2.03. The molecule has 0 bridgehead atoms. The molecule has 0 saturated carbocycles. The van der Waals surface area contributed by atoms with Gasteiger partial charge in [0.05, 0.1) is 5.69 Å². The molecule has 2 nitrogen and oxygen atoms in total. The maximum Gasteiger partial charge on any atom is 0.150 e. The quantitative estimate of drug-likeness (QED) is 0.787. The molecule has 0 aliphatic rings. The molecule has 17 heavy (non-hydrogen) atoms. The fourth-order valence-corrected chi connectivity index (χ4v) is 1.88. The van der Waals surface area contributed by atoms with Crippen molar-refractivity contribution in [1.82, 2.24) is 0 Å². The van der Waals surface area contributed by atoms with E-state index >= 15 is 0 Å². The van der Waals surface area contributed by atoms with Gasteiger partial charge in [-0.1, -0.05) is 12.1 Å². The van der Waals surface area contributed by atoms with E-state index in [0.29, 0.717) is 11.4 Å². The summed E-state index contributed by atoms with van der Waals surface area (Å²) >= 11 is 0. The second-order valence-electron chi connectivity index (χ2n) is 4.47. The number of aryl methyl sites for hydroxylation is 3. The highest BCUT2D eigenvalue weighted by atomic mass is 16.5. The van der Waals surface area contributed by atoms with Crippen LogP contribution in [0.5, 0.6) is 11.5 Å². The molecule has 2 aromatic rings. The maximum atomic E-state index is 5.92. The van der Waals surface area contributed by atoms with Crippen molar-refractivity contribution in [3.8, 4) is 11.5 Å². The summed E-state index contributed by atoms with van der Waals surface area (Å²) in [7, 11) is 0. The van der Waals surface area contributed by atoms with Crippen molar-refractivity contribution in [2.75, 3.05) is 5.73 Å². The maximum absolute atomic E-state index is 5.92. The van der Waals surface area contributed by atoms with Gasteiger partial charge >= 0.3 is 0 Å². The van der Waals surface area contributed by atoms with Crippen LogP contribution in [0.2, 0.25) is 0 Å². The first-order chi connectivity index (χ1) is 8.04. The van der Waals surface area contributed by atoms with E-state index < -0.39 is 0 Å². The summed E-state index contributed by atoms with van der Waals surface area (Å²) < 4.78 is 5.80. The Morgan fingerprint density at radius 1 is 0.824 bits per heavy atom. The molecule has 0 aromatic heterocycles. The highest BCUT2D eigenvalue weighted by molar-refractivity contribution is 5.55. The van der Waals surface area contributed by atoms with E-state index in [2.05, 4.69) is 19.9 Å². The Balaban J connectivity index is 2.31. The van der Waals surface area contributed by atoms with Gasteiger partial charge < -0.3 is 10.5 Å². The summed E-state index contributed by atoms with van der Waals surface area (Å²) in [6.07, 6.45) is 0. The van der Waals surface area contributed by atoms with Gasteiger partial charge in [0.25, 0.3) is 0 Å². The lowest BCUT2D eigenvalue weighted by Crippen LogP contribution is -1.93. The molecule has 0 amide bonds. The lowest BCUT2D eigenvalue weighted by atomic mass is 10.1. The average Bonchev–Trinajstić information content (AvgIpc) is 2.21. The van der Waals surface area contributed by atoms with Gasteiger partial charge in [-0.2, -0.15) is 0 Å². The standard InChI is InChI=1S/C15H17NO/c1-10-4-5-15(14(16)9-10)17-13-7-11(2)6-12(3)8-13/h4-9H,16H2,1-3H3. The Morgan fingerprint density at radius 3 is 2.06 bits per heavy atom. The number of nitrogens with two attached hydrogens (primary N) is 1. The monoisotopic (exact) mass is 227 g/mol. The minimum atomic E-state index is 0.671. The summed E-state index contributed by atoms with van der Waals surface area (Å²) in [6.45, 7) is 6.12. The minimum Gasteiger partial charge on any atom is -0.455 e. The van der Waals surface area contributed by atoms with E-state index in [9.17, 15) is 0 Å². The summed E-state index contributed by atoms with van der Waals surface area (Å²) in [5.74, 6) is 1.54. The molecule has 2 aromatic carbocycles. The van der Waals surface area contributed by atoms with E-state index in [1.165, 1.54) is 11.1 Å². The van der Waals surface area contributed by atoms with Crippen molar-refractivity contribution in [3.63, 3.8) is 0 Å². The summed E-state index contributed by atoms with van der Waals surface area (Å²) in [6, 6.07) is 11.9. The topological polar surface area (TPSA) is 35.2 Å². The number of anilines is 1. The number of nitrogen functional groups attached to an aromatic ring is 1. The fraction of sp³-hybridized carbons (Fsp3) is 0.200. The fourth-order valence-electron chi connectivity index (χ4n) is 1.88. The molecule has 0 unspecified atom stereocenters. The molecule has 0 saturated heterocycles. The number of benzene rings is 2. The lowest BCUT2D eigenvalue weighted by Gasteiger charge is -2.10. The molecule has 0 fully saturated rings. The predicted molar refractivity (Wildman–Crippen MR) is 71.6 cm³/mol. The number of hydrogen-bond acceptors (Lipinski definition) is 2. The van der Waals surface area contributed by atoms with E-state index in [0.717, 1.165) is 11.3 Å². The van der Waals surface area contributed by atoms with Crippen LogP contribution in [0.3, 0.4) is 0 Å². The van der Waals surface area contributed by atoms with Crippen LogP contribution < -0.4 is 10.5 Å². The van der Waals surface area contributed by atoms with Crippen molar-refractivity contribution in [2.24, 2.45) is 0 Å². The van der Waals surface area contributed by atoms with Crippen LogP contribution in [0.25, 0.3) is 0 Å². The third-order valence-electron chi connectivity index (χ3n) is 2.59. The van der Waals surface area contributed by atoms with Gasteiger partial charge in [0.1, 0.15) is 11.5 Å². The summed E-state index contributed by atoms with van der Waals surface area (Å²) in [5, 5.41) is 0. The molecule has 0 spiro atoms. The van der Waals surface area contributed by atoms with Gasteiger partial charge in [-0.15, -0.1) is 0 Å². The Kier molecular flexibility index (Phi) is 3.05. The van der Waals surface area contributed by atoms with E-state index in [1.54, 1.807) is 0 Å². The molecular formula is C15H17NO. The molecule has 0 atom stereocenters. The molecule has 2 rings (SSSR count). The normalized spacial score (nSPS) is 10.3. The van der Waals surface area contributed by atoms with Crippen LogP contribution in [0.15, 0.2) is 36.4 Å². The zero-order valence-corrected chi connectivity index (χ0v) is 10.4. The Hall–Kier alpha value is -1.96. The highest BCUT2D eigenvalue weighted by Crippen LogP contribution is 2.29. The third-order valence-corrected chi connectivity index (χ3v) is 2.59. The second kappa shape index (κ2) is 4.50. The van der Waals surface area contributed by atoms with Crippen molar-refractivity contribution in [1.29, 1.82) is 0 Å². The van der Waals surface area contributed by atoms with Gasteiger partial charge in [-0.3, -0.25) is 0 Å².